The SMILES string of the molecule is Cc1nc(C)n2c1cnc1[nH]ccc12.Cc1nc(C)n2c1cnc1c2ccn1S(C)(=O)=O.Cc1nc(C)n2c1cnc1c2ccn1S(C)(=O)=O.Cc1ncc2cnc3c(ccn3S(C)(=O)=O)n12. The molecule has 12 rings (SSSR count). The number of nitrogens with zero attached hydrogens (tertiary/aromatic N) is 15. The number of aromatic amines is 1. The number of aryl methyl sites for hydroxylation is 7. The van der Waals surface area contributed by atoms with E-state index in [4.69, 9.17) is 0 Å². The van der Waals surface area contributed by atoms with Crippen LogP contribution in [0.1, 0.15) is 40.4 Å². The van der Waals surface area contributed by atoms with E-state index in [2.05, 4.69) is 49.3 Å². The van der Waals surface area contributed by atoms with Gasteiger partial charge in [-0.1, -0.05) is 0 Å². The highest BCUT2D eigenvalue weighted by Crippen LogP contribution is 2.24. The van der Waals surface area contributed by atoms with Crippen LogP contribution in [-0.2, 0) is 30.1 Å². The summed E-state index contributed by atoms with van der Waals surface area (Å²) in [6, 6.07) is 7.23. The van der Waals surface area contributed by atoms with Crippen LogP contribution in [0, 0.1) is 48.5 Å². The van der Waals surface area contributed by atoms with Gasteiger partial charge >= 0.3 is 0 Å². The summed E-state index contributed by atoms with van der Waals surface area (Å²) in [7, 11) is -10.0. The van der Waals surface area contributed by atoms with Gasteiger partial charge in [-0.05, 0) is 72.7 Å². The molecule has 0 atom stereocenters. The van der Waals surface area contributed by atoms with Crippen molar-refractivity contribution in [1.82, 2.24) is 74.4 Å². The predicted octanol–water partition coefficient (Wildman–Crippen LogP) is 4.84. The minimum atomic E-state index is -3.34. The Morgan fingerprint density at radius 2 is 0.761 bits per heavy atom. The predicted molar refractivity (Wildman–Crippen MR) is 254 cm³/mol. The van der Waals surface area contributed by atoms with Crippen molar-refractivity contribution in [3.05, 3.63) is 120 Å². The van der Waals surface area contributed by atoms with Crippen LogP contribution in [0.4, 0.5) is 0 Å². The van der Waals surface area contributed by atoms with Crippen LogP contribution in [0.2, 0.25) is 0 Å². The fraction of sp³-hybridized carbons (Fsp3) is 0.238. The van der Waals surface area contributed by atoms with Gasteiger partial charge in [0, 0.05) is 24.8 Å². The van der Waals surface area contributed by atoms with E-state index in [-0.39, 0.29) is 0 Å². The lowest BCUT2D eigenvalue weighted by atomic mass is 10.4. The molecule has 0 spiro atoms. The molecule has 0 unspecified atom stereocenters. The molecule has 0 aliphatic rings. The van der Waals surface area contributed by atoms with Gasteiger partial charge in [-0.2, -0.15) is 0 Å². The molecule has 0 aliphatic heterocycles. The second-order valence-corrected chi connectivity index (χ2v) is 21.5. The third-order valence-electron chi connectivity index (χ3n) is 11.2. The first-order valence-electron chi connectivity index (χ1n) is 20.4. The van der Waals surface area contributed by atoms with Crippen molar-refractivity contribution < 1.29 is 25.3 Å². The molecule has 22 nitrogen and oxygen atoms in total. The van der Waals surface area contributed by atoms with Gasteiger partial charge in [0.15, 0.2) is 22.6 Å². The lowest BCUT2D eigenvalue weighted by Gasteiger charge is -2.02. The van der Waals surface area contributed by atoms with Crippen LogP contribution in [0.15, 0.2) is 80.0 Å². The topological polar surface area (TPSA) is 254 Å². The number of hydrogen-bond acceptors (Lipinski definition) is 14. The van der Waals surface area contributed by atoms with Gasteiger partial charge in [0.1, 0.15) is 23.3 Å². The zero-order valence-corrected chi connectivity index (χ0v) is 40.3. The molecular formula is C42H44N16O6S3. The zero-order valence-electron chi connectivity index (χ0n) is 37.9. The molecule has 12 aromatic rings. The van der Waals surface area contributed by atoms with Gasteiger partial charge < -0.3 is 4.98 Å². The van der Waals surface area contributed by atoms with Crippen LogP contribution >= 0.6 is 0 Å². The molecular weight excluding hydrogens is 921 g/mol. The molecule has 0 saturated heterocycles. The summed E-state index contributed by atoms with van der Waals surface area (Å²) in [5.74, 6) is 3.45. The Morgan fingerprint density at radius 1 is 0.403 bits per heavy atom. The minimum absolute atomic E-state index is 0.418. The van der Waals surface area contributed by atoms with Crippen LogP contribution in [0.5, 0.6) is 0 Å². The number of imidazole rings is 4. The highest BCUT2D eigenvalue weighted by atomic mass is 32.2. The molecule has 12 heterocycles. The lowest BCUT2D eigenvalue weighted by Crippen LogP contribution is -2.09. The molecule has 0 saturated carbocycles. The monoisotopic (exact) mass is 964 g/mol. The fourth-order valence-corrected chi connectivity index (χ4v) is 10.5. The van der Waals surface area contributed by atoms with E-state index in [1.165, 1.54) is 30.5 Å². The van der Waals surface area contributed by atoms with E-state index < -0.39 is 30.1 Å². The Bertz CT molecular complexity index is 4150. The first kappa shape index (κ1) is 44.7. The quantitative estimate of drug-likeness (QED) is 0.249. The Labute approximate surface area is 382 Å². The number of fused-ring (bicyclic) bond motifs is 12. The normalized spacial score (nSPS) is 12.4. The molecule has 12 aromatic heterocycles. The van der Waals surface area contributed by atoms with E-state index in [9.17, 15) is 25.3 Å². The second kappa shape index (κ2) is 15.8. The molecule has 0 fully saturated rings. The summed E-state index contributed by atoms with van der Waals surface area (Å²) in [5, 5.41) is 0. The zero-order chi connectivity index (χ0) is 48.1. The number of aromatic nitrogens is 16. The third-order valence-corrected chi connectivity index (χ3v) is 14.2. The van der Waals surface area contributed by atoms with Crippen molar-refractivity contribution in [2.75, 3.05) is 18.8 Å². The number of nitrogens with one attached hydrogen (secondary N) is 1. The van der Waals surface area contributed by atoms with Crippen molar-refractivity contribution in [3.63, 3.8) is 0 Å². The third kappa shape index (κ3) is 7.62. The average Bonchev–Trinajstić information content (AvgIpc) is 4.12. The summed E-state index contributed by atoms with van der Waals surface area (Å²) >= 11 is 0. The Morgan fingerprint density at radius 3 is 1.18 bits per heavy atom. The summed E-state index contributed by atoms with van der Waals surface area (Å²) in [5.41, 5.74) is 12.0. The fourth-order valence-electron chi connectivity index (χ4n) is 8.31. The molecule has 0 amide bonds. The van der Waals surface area contributed by atoms with Gasteiger partial charge in [0.2, 0.25) is 30.1 Å². The molecule has 1 N–H and O–H groups in total. The largest absolute Gasteiger partial charge is 0.345 e. The van der Waals surface area contributed by atoms with E-state index in [0.717, 1.165) is 109 Å². The van der Waals surface area contributed by atoms with Gasteiger partial charge in [0.25, 0.3) is 0 Å². The van der Waals surface area contributed by atoms with E-state index in [1.807, 2.05) is 80.1 Å². The maximum absolute atomic E-state index is 11.6. The van der Waals surface area contributed by atoms with Gasteiger partial charge in [-0.15, -0.1) is 0 Å². The Kier molecular flexibility index (Phi) is 10.6. The van der Waals surface area contributed by atoms with Gasteiger partial charge in [-0.3, -0.25) is 17.6 Å². The van der Waals surface area contributed by atoms with Gasteiger partial charge in [0.05, 0.1) is 111 Å². The van der Waals surface area contributed by atoms with E-state index in [0.29, 0.717) is 16.9 Å². The summed E-state index contributed by atoms with van der Waals surface area (Å²) in [6.45, 7) is 13.5. The Hall–Kier alpha value is -7.51. The molecule has 0 aliphatic carbocycles. The number of rotatable bonds is 3. The molecule has 0 aromatic carbocycles. The summed E-state index contributed by atoms with van der Waals surface area (Å²) < 4.78 is 81.0. The lowest BCUT2D eigenvalue weighted by molar-refractivity contribution is 0.593. The van der Waals surface area contributed by atoms with Crippen molar-refractivity contribution in [2.24, 2.45) is 0 Å². The number of hydrogen-bond donors (Lipinski definition) is 1. The van der Waals surface area contributed by atoms with Crippen molar-refractivity contribution in [2.45, 2.75) is 48.5 Å². The van der Waals surface area contributed by atoms with Crippen molar-refractivity contribution >= 4 is 96.8 Å². The Balaban J connectivity index is 0.000000112. The highest BCUT2D eigenvalue weighted by Gasteiger charge is 2.18. The standard InChI is InChI=1S/2C11H12N4O2S.C10H10N4O2S.C10H10N4/c2*1-7-10-6-12-11-9(15(10)8(2)13-7)4-5-14(11)18(3,16)17;1-7-11-5-8-6-12-10-9(14(7)8)3-4-13(10)17(2,15)16;1-6-9-5-12-10-8(3-4-11-10)14(9)7(2)13-6/h2*4-6H,1-3H3;3-6H,1-2H3;3-5,11H,1-2H3. The summed E-state index contributed by atoms with van der Waals surface area (Å²) in [6.07, 6.45) is 18.4. The first-order chi connectivity index (χ1) is 31.5. The summed E-state index contributed by atoms with van der Waals surface area (Å²) in [4.78, 5) is 37.4. The maximum atomic E-state index is 11.6. The maximum Gasteiger partial charge on any atom is 0.237 e. The first-order valence-corrected chi connectivity index (χ1v) is 25.9. The molecule has 346 valence electrons. The smallest absolute Gasteiger partial charge is 0.237 e. The van der Waals surface area contributed by atoms with Crippen LogP contribution < -0.4 is 0 Å². The van der Waals surface area contributed by atoms with E-state index in [1.54, 1.807) is 43.0 Å². The molecule has 0 bridgehead atoms. The van der Waals surface area contributed by atoms with Crippen LogP contribution in [-0.4, -0.2) is 118 Å². The second-order valence-electron chi connectivity index (χ2n) is 16.0. The molecule has 0 radical (unpaired) electrons. The van der Waals surface area contributed by atoms with Crippen LogP contribution in [0.3, 0.4) is 0 Å². The van der Waals surface area contributed by atoms with Crippen molar-refractivity contribution in [1.29, 1.82) is 0 Å². The molecule has 67 heavy (non-hydrogen) atoms. The van der Waals surface area contributed by atoms with E-state index >= 15 is 0 Å². The average molecular weight is 965 g/mol. The van der Waals surface area contributed by atoms with Gasteiger partial charge in [-0.25, -0.2) is 77.0 Å². The van der Waals surface area contributed by atoms with Crippen molar-refractivity contribution in [3.8, 4) is 0 Å². The van der Waals surface area contributed by atoms with Crippen LogP contribution in [0.25, 0.3) is 66.7 Å². The highest BCUT2D eigenvalue weighted by molar-refractivity contribution is 7.89. The molecule has 25 heteroatoms. The minimum Gasteiger partial charge on any atom is -0.345 e. The number of H-pyrrole nitrogens is 1.